The smallest absolute Gasteiger partial charge is 0.0801 e. The zero-order chi connectivity index (χ0) is 34.6. The summed E-state index contributed by atoms with van der Waals surface area (Å²) in [5.41, 5.74) is 11.5. The van der Waals surface area contributed by atoms with Gasteiger partial charge in [-0.3, -0.25) is 4.98 Å². The Hall–Kier alpha value is -7.17. The first-order valence-corrected chi connectivity index (χ1v) is 18.1. The van der Waals surface area contributed by atoms with E-state index in [2.05, 4.69) is 184 Å². The molecule has 246 valence electrons. The van der Waals surface area contributed by atoms with Crippen molar-refractivity contribution in [2.75, 3.05) is 0 Å². The molecule has 12 aromatic rings. The van der Waals surface area contributed by atoms with Crippen LogP contribution in [0.5, 0.6) is 0 Å². The Bertz CT molecular complexity index is 3270. The Morgan fingerprint density at radius 3 is 1.42 bits per heavy atom. The number of hydrogen-bond acceptors (Lipinski definition) is 1. The monoisotopic (exact) mass is 674 g/mol. The van der Waals surface area contributed by atoms with E-state index in [0.717, 1.165) is 44.4 Å². The van der Waals surface area contributed by atoms with Crippen LogP contribution in [0.1, 0.15) is 0 Å². The third-order valence-electron chi connectivity index (χ3n) is 11.2. The Balaban J connectivity index is 1.32. The van der Waals surface area contributed by atoms with Crippen molar-refractivity contribution in [1.82, 2.24) is 18.7 Å². The van der Waals surface area contributed by atoms with Crippen molar-refractivity contribution < 1.29 is 0 Å². The van der Waals surface area contributed by atoms with E-state index in [9.17, 15) is 0 Å². The SMILES string of the molecule is c1ccc(-n2c3ccccc3c3cc4c5cc6c7ccccc7n(-c7ccccc7)c6cc5n(-c5cccc6ccc7cccnc7c56)c4cc32)cc1. The number of para-hydroxylation sites is 4. The van der Waals surface area contributed by atoms with Gasteiger partial charge in [0.15, 0.2) is 0 Å². The van der Waals surface area contributed by atoms with E-state index >= 15 is 0 Å². The van der Waals surface area contributed by atoms with Gasteiger partial charge in [-0.15, -0.1) is 0 Å². The van der Waals surface area contributed by atoms with Gasteiger partial charge in [-0.2, -0.15) is 0 Å². The Kier molecular flexibility index (Phi) is 5.74. The lowest BCUT2D eigenvalue weighted by atomic mass is 10.0. The van der Waals surface area contributed by atoms with Crippen LogP contribution in [-0.4, -0.2) is 18.7 Å². The van der Waals surface area contributed by atoms with E-state index in [1.807, 2.05) is 12.3 Å². The van der Waals surface area contributed by atoms with E-state index < -0.39 is 0 Å². The minimum Gasteiger partial charge on any atom is -0.309 e. The van der Waals surface area contributed by atoms with Gasteiger partial charge in [0, 0.05) is 60.7 Å². The van der Waals surface area contributed by atoms with Crippen LogP contribution < -0.4 is 0 Å². The molecule has 4 heteroatoms. The third kappa shape index (κ3) is 3.92. The highest BCUT2D eigenvalue weighted by molar-refractivity contribution is 6.24. The summed E-state index contributed by atoms with van der Waals surface area (Å²) in [5, 5.41) is 10.9. The summed E-state index contributed by atoms with van der Waals surface area (Å²) in [7, 11) is 0. The number of benzene rings is 8. The normalized spacial score (nSPS) is 12.2. The molecule has 0 fully saturated rings. The summed E-state index contributed by atoms with van der Waals surface area (Å²) in [4.78, 5) is 4.98. The lowest BCUT2D eigenvalue weighted by molar-refractivity contribution is 1.16. The molecule has 4 nitrogen and oxygen atoms in total. The molecule has 0 aliphatic heterocycles. The third-order valence-corrected chi connectivity index (χ3v) is 11.2. The van der Waals surface area contributed by atoms with Crippen LogP contribution in [0.3, 0.4) is 0 Å². The van der Waals surface area contributed by atoms with Gasteiger partial charge in [0.05, 0.1) is 44.3 Å². The minimum atomic E-state index is 1.01. The number of pyridine rings is 1. The van der Waals surface area contributed by atoms with Crippen molar-refractivity contribution in [3.63, 3.8) is 0 Å². The summed E-state index contributed by atoms with van der Waals surface area (Å²) in [6.07, 6.45) is 1.91. The molecule has 0 unspecified atom stereocenters. The molecule has 8 aromatic carbocycles. The van der Waals surface area contributed by atoms with Gasteiger partial charge in [0.1, 0.15) is 0 Å². The summed E-state index contributed by atoms with van der Waals surface area (Å²) >= 11 is 0. The van der Waals surface area contributed by atoms with Crippen molar-refractivity contribution >= 4 is 87.1 Å². The fourth-order valence-electron chi connectivity index (χ4n) is 8.99. The molecule has 0 aliphatic carbocycles. The lowest BCUT2D eigenvalue weighted by Gasteiger charge is -2.14. The van der Waals surface area contributed by atoms with Crippen LogP contribution in [0.15, 0.2) is 182 Å². The molecule has 53 heavy (non-hydrogen) atoms. The Labute approximate surface area is 304 Å². The number of aromatic nitrogens is 4. The van der Waals surface area contributed by atoms with Gasteiger partial charge in [0.25, 0.3) is 0 Å². The zero-order valence-corrected chi connectivity index (χ0v) is 28.6. The van der Waals surface area contributed by atoms with Gasteiger partial charge in [-0.1, -0.05) is 103 Å². The maximum absolute atomic E-state index is 4.98. The predicted octanol–water partition coefficient (Wildman–Crippen LogP) is 12.7. The maximum Gasteiger partial charge on any atom is 0.0801 e. The van der Waals surface area contributed by atoms with Gasteiger partial charge >= 0.3 is 0 Å². The summed E-state index contributed by atoms with van der Waals surface area (Å²) < 4.78 is 7.33. The van der Waals surface area contributed by atoms with Crippen molar-refractivity contribution in [1.29, 1.82) is 0 Å². The quantitative estimate of drug-likeness (QED) is 0.171. The van der Waals surface area contributed by atoms with E-state index in [1.165, 1.54) is 59.8 Å². The number of fused-ring (bicyclic) bond motifs is 12. The van der Waals surface area contributed by atoms with Crippen LogP contribution in [0.4, 0.5) is 0 Å². The zero-order valence-electron chi connectivity index (χ0n) is 28.6. The largest absolute Gasteiger partial charge is 0.309 e. The minimum absolute atomic E-state index is 1.01. The standard InChI is InChI=1S/C49H30N4/c1-3-15-33(16-4-1)51-41-21-9-7-19-35(41)37-27-39-40-28-38-36-20-8-10-22-42(36)52(34-17-5-2-6-18-34)45(38)30-47(40)53(46(39)29-44(37)51)43-23-11-13-31-24-25-32-14-12-26-50-49(32)48(31)43/h1-30H. The first-order valence-electron chi connectivity index (χ1n) is 18.1. The van der Waals surface area contributed by atoms with E-state index in [-0.39, 0.29) is 0 Å². The Morgan fingerprint density at radius 2 is 0.811 bits per heavy atom. The summed E-state index contributed by atoms with van der Waals surface area (Å²) in [6.45, 7) is 0. The van der Waals surface area contributed by atoms with Crippen LogP contribution in [-0.2, 0) is 0 Å². The van der Waals surface area contributed by atoms with Crippen molar-refractivity contribution in [2.45, 2.75) is 0 Å². The van der Waals surface area contributed by atoms with Crippen molar-refractivity contribution in [3.05, 3.63) is 182 Å². The maximum atomic E-state index is 4.98. The van der Waals surface area contributed by atoms with Crippen LogP contribution in [0, 0.1) is 0 Å². The van der Waals surface area contributed by atoms with E-state index in [4.69, 9.17) is 4.98 Å². The molecule has 0 saturated carbocycles. The summed E-state index contributed by atoms with van der Waals surface area (Å²) in [5.74, 6) is 0. The molecule has 12 rings (SSSR count). The van der Waals surface area contributed by atoms with Crippen LogP contribution in [0.2, 0.25) is 0 Å². The van der Waals surface area contributed by atoms with E-state index in [1.54, 1.807) is 0 Å². The molecular formula is C49H30N4. The van der Waals surface area contributed by atoms with E-state index in [0.29, 0.717) is 0 Å². The van der Waals surface area contributed by atoms with Crippen LogP contribution in [0.25, 0.3) is 104 Å². The number of hydrogen-bond donors (Lipinski definition) is 0. The molecule has 0 saturated heterocycles. The van der Waals surface area contributed by atoms with Crippen LogP contribution >= 0.6 is 0 Å². The average Bonchev–Trinajstić information content (AvgIpc) is 3.84. The lowest BCUT2D eigenvalue weighted by Crippen LogP contribution is -1.98. The van der Waals surface area contributed by atoms with Gasteiger partial charge in [-0.05, 0) is 78.2 Å². The molecular weight excluding hydrogens is 645 g/mol. The molecule has 0 bridgehead atoms. The second kappa shape index (κ2) is 10.7. The second-order valence-electron chi connectivity index (χ2n) is 14.0. The van der Waals surface area contributed by atoms with Gasteiger partial charge < -0.3 is 13.7 Å². The summed E-state index contributed by atoms with van der Waals surface area (Å²) in [6, 6.07) is 64.0. The highest BCUT2D eigenvalue weighted by Gasteiger charge is 2.22. The van der Waals surface area contributed by atoms with Crippen molar-refractivity contribution in [2.24, 2.45) is 0 Å². The molecule has 0 atom stereocenters. The first kappa shape index (κ1) is 28.5. The van der Waals surface area contributed by atoms with Crippen molar-refractivity contribution in [3.8, 4) is 17.1 Å². The molecule has 0 radical (unpaired) electrons. The number of rotatable bonds is 3. The molecule has 0 N–H and O–H groups in total. The number of nitrogens with zero attached hydrogens (tertiary/aromatic N) is 4. The topological polar surface area (TPSA) is 27.7 Å². The first-order chi connectivity index (χ1) is 26.3. The molecule has 0 spiro atoms. The molecule has 0 amide bonds. The average molecular weight is 675 g/mol. The highest BCUT2D eigenvalue weighted by Crippen LogP contribution is 2.44. The van der Waals surface area contributed by atoms with Gasteiger partial charge in [-0.25, -0.2) is 0 Å². The molecule has 4 aromatic heterocycles. The second-order valence-corrected chi connectivity index (χ2v) is 14.0. The molecule has 4 heterocycles. The fraction of sp³-hybridized carbons (Fsp3) is 0. The predicted molar refractivity (Wildman–Crippen MR) is 222 cm³/mol. The molecule has 0 aliphatic rings. The highest BCUT2D eigenvalue weighted by atomic mass is 15.0. The Morgan fingerprint density at radius 1 is 0.321 bits per heavy atom. The van der Waals surface area contributed by atoms with Gasteiger partial charge in [0.2, 0.25) is 0 Å². The fourth-order valence-corrected chi connectivity index (χ4v) is 8.99.